The normalized spacial score (nSPS) is 15.3. The Bertz CT molecular complexity index is 1320. The number of hydrogen-bond acceptors (Lipinski definition) is 6. The van der Waals surface area contributed by atoms with Crippen molar-refractivity contribution in [1.29, 1.82) is 0 Å². The molecule has 1 amide bonds. The third-order valence-corrected chi connectivity index (χ3v) is 7.39. The third-order valence-electron chi connectivity index (χ3n) is 5.50. The van der Waals surface area contributed by atoms with Crippen LogP contribution >= 0.6 is 0 Å². The molecule has 1 fully saturated rings. The third kappa shape index (κ3) is 6.45. The summed E-state index contributed by atoms with van der Waals surface area (Å²) in [5.41, 5.74) is 1.56. The molecule has 9 heteroatoms. The molecule has 0 aliphatic carbocycles. The summed E-state index contributed by atoms with van der Waals surface area (Å²) in [7, 11) is -3.74. The van der Waals surface area contributed by atoms with Gasteiger partial charge in [-0.15, -0.1) is 0 Å². The van der Waals surface area contributed by atoms with Gasteiger partial charge in [-0.25, -0.2) is 13.2 Å². The summed E-state index contributed by atoms with van der Waals surface area (Å²) in [4.78, 5) is 25.8. The second kappa shape index (κ2) is 11.8. The van der Waals surface area contributed by atoms with Crippen LogP contribution in [0.2, 0.25) is 0 Å². The van der Waals surface area contributed by atoms with Crippen LogP contribution in [0.15, 0.2) is 95.9 Å². The Morgan fingerprint density at radius 1 is 0.917 bits per heavy atom. The maximum atomic E-state index is 13.2. The van der Waals surface area contributed by atoms with E-state index in [2.05, 4.69) is 5.32 Å². The van der Waals surface area contributed by atoms with E-state index in [1.165, 1.54) is 22.5 Å². The molecule has 1 unspecified atom stereocenters. The number of morpholine rings is 1. The van der Waals surface area contributed by atoms with Crippen LogP contribution in [0.1, 0.15) is 17.2 Å². The summed E-state index contributed by atoms with van der Waals surface area (Å²) in [5, 5.41) is 2.69. The minimum absolute atomic E-state index is 0.0567. The zero-order valence-corrected chi connectivity index (χ0v) is 20.3. The van der Waals surface area contributed by atoms with E-state index in [-0.39, 0.29) is 23.7 Å². The van der Waals surface area contributed by atoms with Crippen LogP contribution in [0.3, 0.4) is 0 Å². The van der Waals surface area contributed by atoms with Gasteiger partial charge in [-0.05, 0) is 29.8 Å². The van der Waals surface area contributed by atoms with Gasteiger partial charge in [-0.1, -0.05) is 66.7 Å². The number of nitrogens with one attached hydrogen (secondary N) is 1. The monoisotopic (exact) mass is 506 g/mol. The quantitative estimate of drug-likeness (QED) is 0.370. The zero-order valence-electron chi connectivity index (χ0n) is 19.4. The molecule has 1 aliphatic heterocycles. The molecule has 0 spiro atoms. The Morgan fingerprint density at radius 2 is 1.58 bits per heavy atom. The Kier molecular flexibility index (Phi) is 8.27. The number of ether oxygens (including phenoxy) is 2. The summed E-state index contributed by atoms with van der Waals surface area (Å²) in [5.74, 6) is -1.30. The number of anilines is 1. The van der Waals surface area contributed by atoms with E-state index in [1.807, 2.05) is 30.3 Å². The highest BCUT2D eigenvalue weighted by Gasteiger charge is 2.28. The van der Waals surface area contributed by atoms with E-state index in [4.69, 9.17) is 9.47 Å². The minimum atomic E-state index is -3.74. The standard InChI is InChI=1S/C27H26N2O6S/c30-25(15-14-21-8-3-1-4-9-21)35-26(22-10-5-2-6-11-22)27(31)28-23-12-7-13-24(20-23)36(32,33)29-16-18-34-19-17-29/h1-15,20,26H,16-19H2,(H,28,31)/b15-14+. The summed E-state index contributed by atoms with van der Waals surface area (Å²) in [6.07, 6.45) is 1.62. The van der Waals surface area contributed by atoms with Crippen LogP contribution in [0.4, 0.5) is 5.69 Å². The van der Waals surface area contributed by atoms with E-state index in [0.717, 1.165) is 5.56 Å². The molecule has 4 rings (SSSR count). The predicted molar refractivity (Wildman–Crippen MR) is 135 cm³/mol. The first-order valence-corrected chi connectivity index (χ1v) is 12.8. The van der Waals surface area contributed by atoms with Crippen molar-refractivity contribution in [3.8, 4) is 0 Å². The van der Waals surface area contributed by atoms with Crippen molar-refractivity contribution in [3.05, 3.63) is 102 Å². The van der Waals surface area contributed by atoms with Crippen molar-refractivity contribution in [2.75, 3.05) is 31.6 Å². The highest BCUT2D eigenvalue weighted by Crippen LogP contribution is 2.24. The molecule has 0 radical (unpaired) electrons. The molecule has 3 aromatic carbocycles. The highest BCUT2D eigenvalue weighted by molar-refractivity contribution is 7.89. The minimum Gasteiger partial charge on any atom is -0.444 e. The molecule has 3 aromatic rings. The first-order chi connectivity index (χ1) is 17.4. The van der Waals surface area contributed by atoms with Crippen LogP contribution in [-0.2, 0) is 29.1 Å². The molecule has 0 bridgehead atoms. The number of nitrogens with zero attached hydrogens (tertiary/aromatic N) is 1. The van der Waals surface area contributed by atoms with Crippen molar-refractivity contribution >= 4 is 33.7 Å². The largest absolute Gasteiger partial charge is 0.444 e. The van der Waals surface area contributed by atoms with Gasteiger partial charge in [0.15, 0.2) is 0 Å². The van der Waals surface area contributed by atoms with E-state index in [0.29, 0.717) is 18.8 Å². The molecular formula is C27H26N2O6S. The molecule has 186 valence electrons. The average Bonchev–Trinajstić information content (AvgIpc) is 2.92. The Balaban J connectivity index is 1.51. The lowest BCUT2D eigenvalue weighted by atomic mass is 10.1. The van der Waals surface area contributed by atoms with E-state index in [9.17, 15) is 18.0 Å². The van der Waals surface area contributed by atoms with Gasteiger partial charge in [0.05, 0.1) is 18.1 Å². The molecule has 1 N–H and O–H groups in total. The topological polar surface area (TPSA) is 102 Å². The summed E-state index contributed by atoms with van der Waals surface area (Å²) in [6.45, 7) is 1.19. The Morgan fingerprint density at radius 3 is 2.28 bits per heavy atom. The van der Waals surface area contributed by atoms with Crippen molar-refractivity contribution in [1.82, 2.24) is 4.31 Å². The molecule has 1 atom stereocenters. The van der Waals surface area contributed by atoms with Gasteiger partial charge in [0.25, 0.3) is 5.91 Å². The van der Waals surface area contributed by atoms with Crippen LogP contribution in [0.5, 0.6) is 0 Å². The van der Waals surface area contributed by atoms with Crippen molar-refractivity contribution < 1.29 is 27.5 Å². The number of benzene rings is 3. The highest BCUT2D eigenvalue weighted by atomic mass is 32.2. The molecule has 1 saturated heterocycles. The van der Waals surface area contributed by atoms with E-state index >= 15 is 0 Å². The lowest BCUT2D eigenvalue weighted by molar-refractivity contribution is -0.149. The van der Waals surface area contributed by atoms with Crippen molar-refractivity contribution in [2.24, 2.45) is 0 Å². The summed E-state index contributed by atoms with van der Waals surface area (Å²) >= 11 is 0. The second-order valence-electron chi connectivity index (χ2n) is 8.01. The number of carbonyl (C=O) groups is 2. The molecule has 8 nitrogen and oxygen atoms in total. The molecule has 36 heavy (non-hydrogen) atoms. The summed E-state index contributed by atoms with van der Waals surface area (Å²) < 4.78 is 38.1. The number of hydrogen-bond donors (Lipinski definition) is 1. The van der Waals surface area contributed by atoms with Crippen LogP contribution in [0.25, 0.3) is 6.08 Å². The second-order valence-corrected chi connectivity index (χ2v) is 9.94. The Labute approximate surface area is 210 Å². The van der Waals surface area contributed by atoms with Gasteiger partial charge in [0.1, 0.15) is 0 Å². The fourth-order valence-electron chi connectivity index (χ4n) is 3.66. The van der Waals surface area contributed by atoms with Gasteiger partial charge in [0.2, 0.25) is 16.1 Å². The maximum absolute atomic E-state index is 13.2. The van der Waals surface area contributed by atoms with Gasteiger partial charge < -0.3 is 14.8 Å². The van der Waals surface area contributed by atoms with Crippen molar-refractivity contribution in [2.45, 2.75) is 11.0 Å². The first-order valence-electron chi connectivity index (χ1n) is 11.4. The van der Waals surface area contributed by atoms with Gasteiger partial charge >= 0.3 is 5.97 Å². The fraction of sp³-hybridized carbons (Fsp3) is 0.185. The van der Waals surface area contributed by atoms with Gasteiger partial charge in [-0.2, -0.15) is 4.31 Å². The number of amides is 1. The molecule has 1 aliphatic rings. The zero-order chi connectivity index (χ0) is 25.4. The van der Waals surface area contributed by atoms with Crippen LogP contribution < -0.4 is 5.32 Å². The number of sulfonamides is 1. The van der Waals surface area contributed by atoms with E-state index < -0.39 is 28.0 Å². The SMILES string of the molecule is O=C(/C=C/c1ccccc1)OC(C(=O)Nc1cccc(S(=O)(=O)N2CCOCC2)c1)c1ccccc1. The Hall–Kier alpha value is -3.79. The number of esters is 1. The lowest BCUT2D eigenvalue weighted by Gasteiger charge is -2.26. The molecule has 0 aromatic heterocycles. The van der Waals surface area contributed by atoms with Gasteiger partial charge in [-0.3, -0.25) is 4.79 Å². The van der Waals surface area contributed by atoms with Crippen LogP contribution in [0, 0.1) is 0 Å². The summed E-state index contributed by atoms with van der Waals surface area (Å²) in [6, 6.07) is 23.8. The predicted octanol–water partition coefficient (Wildman–Crippen LogP) is 3.64. The van der Waals surface area contributed by atoms with Crippen molar-refractivity contribution in [3.63, 3.8) is 0 Å². The maximum Gasteiger partial charge on any atom is 0.331 e. The first kappa shape index (κ1) is 25.3. The van der Waals surface area contributed by atoms with Crippen LogP contribution in [-0.4, -0.2) is 50.9 Å². The molecular weight excluding hydrogens is 480 g/mol. The van der Waals surface area contributed by atoms with E-state index in [1.54, 1.807) is 48.5 Å². The lowest BCUT2D eigenvalue weighted by Crippen LogP contribution is -2.40. The molecule has 0 saturated carbocycles. The molecule has 1 heterocycles. The van der Waals surface area contributed by atoms with Gasteiger partial charge in [0, 0.05) is 30.4 Å². The number of rotatable bonds is 8. The number of carbonyl (C=O) groups excluding carboxylic acids is 2. The average molecular weight is 507 g/mol. The fourth-order valence-corrected chi connectivity index (χ4v) is 5.12. The smallest absolute Gasteiger partial charge is 0.331 e.